The highest BCUT2D eigenvalue weighted by atomic mass is 16.5. The molecule has 220 valence electrons. The standard InChI is InChI=1S/C30H48N2O7/c1-17-3-13-23(25(15-17)29(35)36)27(33)31-19-5-9-21(10-6-19)39-22-11-7-20(8-12-22)32-28(34)24-14-4-18(2)16-26(24)30(37)38/h17-26H,3-16H2,1-2H3,(H,31,33)(H,32,34)(H,35,36)(H,37,38). The molecule has 0 aromatic rings. The summed E-state index contributed by atoms with van der Waals surface area (Å²) in [4.78, 5) is 49.2. The van der Waals surface area contributed by atoms with Crippen molar-refractivity contribution in [3.8, 4) is 0 Å². The van der Waals surface area contributed by atoms with E-state index in [-0.39, 0.29) is 36.1 Å². The Kier molecular flexibility index (Phi) is 10.3. The summed E-state index contributed by atoms with van der Waals surface area (Å²) < 4.78 is 6.41. The molecular weight excluding hydrogens is 500 g/mol. The van der Waals surface area contributed by atoms with Gasteiger partial charge in [0.15, 0.2) is 0 Å². The number of ether oxygens (including phenoxy) is 1. The highest BCUT2D eigenvalue weighted by Crippen LogP contribution is 2.36. The number of hydrogen-bond donors (Lipinski definition) is 4. The van der Waals surface area contributed by atoms with Gasteiger partial charge in [-0.3, -0.25) is 19.2 Å². The molecule has 9 heteroatoms. The van der Waals surface area contributed by atoms with Gasteiger partial charge in [0.05, 0.1) is 35.9 Å². The first-order chi connectivity index (χ1) is 18.6. The highest BCUT2D eigenvalue weighted by molar-refractivity contribution is 5.85. The minimum atomic E-state index is -0.860. The molecule has 0 heterocycles. The summed E-state index contributed by atoms with van der Waals surface area (Å²) in [5.74, 6) is -3.26. The Bertz CT molecular complexity index is 809. The van der Waals surface area contributed by atoms with E-state index in [1.165, 1.54) is 0 Å². The SMILES string of the molecule is CC1CCC(C(=O)NC2CCC(OC3CCC(NC(=O)C4CCC(C)CC4C(=O)O)CC3)CC2)C(C(=O)O)C1. The van der Waals surface area contributed by atoms with Crippen molar-refractivity contribution in [1.82, 2.24) is 10.6 Å². The number of nitrogens with one attached hydrogen (secondary N) is 2. The lowest BCUT2D eigenvalue weighted by Crippen LogP contribution is -2.47. The predicted molar refractivity (Wildman–Crippen MR) is 145 cm³/mol. The Balaban J connectivity index is 1.15. The zero-order valence-electron chi connectivity index (χ0n) is 23.6. The molecule has 0 bridgehead atoms. The molecule has 0 radical (unpaired) electrons. The van der Waals surface area contributed by atoms with E-state index in [1.807, 2.05) is 0 Å². The fourth-order valence-electron chi connectivity index (χ4n) is 7.51. The number of rotatable bonds is 8. The molecule has 4 saturated carbocycles. The quantitative estimate of drug-likeness (QED) is 0.357. The van der Waals surface area contributed by atoms with Gasteiger partial charge in [0.2, 0.25) is 11.8 Å². The minimum Gasteiger partial charge on any atom is -0.481 e. The van der Waals surface area contributed by atoms with Crippen LogP contribution < -0.4 is 10.6 Å². The van der Waals surface area contributed by atoms with Gasteiger partial charge in [-0.25, -0.2) is 0 Å². The lowest BCUT2D eigenvalue weighted by molar-refractivity contribution is -0.150. The van der Waals surface area contributed by atoms with Crippen LogP contribution in [0.5, 0.6) is 0 Å². The molecule has 0 aromatic carbocycles. The molecule has 0 aliphatic heterocycles. The lowest BCUT2D eigenvalue weighted by atomic mass is 9.74. The second kappa shape index (κ2) is 13.5. The largest absolute Gasteiger partial charge is 0.481 e. The molecule has 4 aliphatic rings. The smallest absolute Gasteiger partial charge is 0.307 e. The van der Waals surface area contributed by atoms with Gasteiger partial charge in [0, 0.05) is 12.1 Å². The molecule has 6 atom stereocenters. The third-order valence-corrected chi connectivity index (χ3v) is 9.96. The van der Waals surface area contributed by atoms with E-state index >= 15 is 0 Å². The van der Waals surface area contributed by atoms with Crippen LogP contribution in [-0.4, -0.2) is 58.3 Å². The maximum absolute atomic E-state index is 12.9. The maximum Gasteiger partial charge on any atom is 0.307 e. The first-order valence-corrected chi connectivity index (χ1v) is 15.3. The summed E-state index contributed by atoms with van der Waals surface area (Å²) in [6, 6.07) is 0.156. The van der Waals surface area contributed by atoms with Crippen molar-refractivity contribution in [3.63, 3.8) is 0 Å². The average Bonchev–Trinajstić information content (AvgIpc) is 2.90. The average molecular weight is 549 g/mol. The van der Waals surface area contributed by atoms with Gasteiger partial charge < -0.3 is 25.6 Å². The molecule has 9 nitrogen and oxygen atoms in total. The molecule has 39 heavy (non-hydrogen) atoms. The van der Waals surface area contributed by atoms with Crippen molar-refractivity contribution in [2.75, 3.05) is 0 Å². The number of aliphatic carboxylic acids is 2. The summed E-state index contributed by atoms with van der Waals surface area (Å²) >= 11 is 0. The van der Waals surface area contributed by atoms with Gasteiger partial charge >= 0.3 is 11.9 Å². The third kappa shape index (κ3) is 7.95. The third-order valence-electron chi connectivity index (χ3n) is 9.96. The lowest BCUT2D eigenvalue weighted by Gasteiger charge is -2.37. The van der Waals surface area contributed by atoms with Crippen LogP contribution in [0.2, 0.25) is 0 Å². The molecule has 4 aliphatic carbocycles. The minimum absolute atomic E-state index is 0.0782. The van der Waals surface area contributed by atoms with Crippen LogP contribution in [0.3, 0.4) is 0 Å². The van der Waals surface area contributed by atoms with Crippen LogP contribution >= 0.6 is 0 Å². The predicted octanol–water partition coefficient (Wildman–Crippen LogP) is 4.13. The molecule has 6 unspecified atom stereocenters. The van der Waals surface area contributed by atoms with E-state index in [0.717, 1.165) is 64.2 Å². The van der Waals surface area contributed by atoms with Gasteiger partial charge in [-0.1, -0.05) is 13.8 Å². The zero-order chi connectivity index (χ0) is 28.1. The summed E-state index contributed by atoms with van der Waals surface area (Å²) in [6.07, 6.45) is 11.4. The fourth-order valence-corrected chi connectivity index (χ4v) is 7.51. The van der Waals surface area contributed by atoms with E-state index in [1.54, 1.807) is 0 Å². The van der Waals surface area contributed by atoms with E-state index in [0.29, 0.717) is 37.5 Å². The fraction of sp³-hybridized carbons (Fsp3) is 0.867. The first-order valence-electron chi connectivity index (χ1n) is 15.3. The van der Waals surface area contributed by atoms with E-state index in [9.17, 15) is 29.4 Å². The Morgan fingerprint density at radius 2 is 0.897 bits per heavy atom. The summed E-state index contributed by atoms with van der Waals surface area (Å²) in [5, 5.41) is 25.5. The summed E-state index contributed by atoms with van der Waals surface area (Å²) in [7, 11) is 0. The van der Waals surface area contributed by atoms with Crippen molar-refractivity contribution < 1.29 is 34.1 Å². The van der Waals surface area contributed by atoms with Crippen LogP contribution in [0.25, 0.3) is 0 Å². The van der Waals surface area contributed by atoms with Gasteiger partial charge in [0.25, 0.3) is 0 Å². The summed E-state index contributed by atoms with van der Waals surface area (Å²) in [6.45, 7) is 4.12. The molecule has 4 N–H and O–H groups in total. The first kappa shape index (κ1) is 29.8. The highest BCUT2D eigenvalue weighted by Gasteiger charge is 2.40. The van der Waals surface area contributed by atoms with Crippen LogP contribution in [0.4, 0.5) is 0 Å². The van der Waals surface area contributed by atoms with Crippen LogP contribution in [0.15, 0.2) is 0 Å². The molecule has 0 saturated heterocycles. The van der Waals surface area contributed by atoms with Gasteiger partial charge in [0.1, 0.15) is 0 Å². The van der Waals surface area contributed by atoms with E-state index in [2.05, 4.69) is 24.5 Å². The number of amides is 2. The molecule has 0 aromatic heterocycles. The monoisotopic (exact) mass is 548 g/mol. The Labute approximate surface area is 232 Å². The van der Waals surface area contributed by atoms with Crippen LogP contribution in [0.1, 0.15) is 104 Å². The second-order valence-corrected chi connectivity index (χ2v) is 13.0. The van der Waals surface area contributed by atoms with Crippen molar-refractivity contribution in [3.05, 3.63) is 0 Å². The number of carbonyl (C=O) groups is 4. The normalized spacial score (nSPS) is 39.3. The molecular formula is C30H48N2O7. The Morgan fingerprint density at radius 1 is 0.538 bits per heavy atom. The Hall–Kier alpha value is -2.16. The molecule has 4 rings (SSSR count). The zero-order valence-corrected chi connectivity index (χ0v) is 23.6. The molecule has 4 fully saturated rings. The number of carboxylic acid groups (broad SMARTS) is 2. The van der Waals surface area contributed by atoms with Crippen molar-refractivity contribution >= 4 is 23.8 Å². The number of carbonyl (C=O) groups excluding carboxylic acids is 2. The van der Waals surface area contributed by atoms with Crippen LogP contribution in [-0.2, 0) is 23.9 Å². The molecule has 2 amide bonds. The number of carboxylic acids is 2. The maximum atomic E-state index is 12.9. The Morgan fingerprint density at radius 3 is 1.23 bits per heavy atom. The van der Waals surface area contributed by atoms with Crippen LogP contribution in [0, 0.1) is 35.5 Å². The van der Waals surface area contributed by atoms with E-state index in [4.69, 9.17) is 4.74 Å². The van der Waals surface area contributed by atoms with E-state index < -0.39 is 35.6 Å². The molecule has 0 spiro atoms. The second-order valence-electron chi connectivity index (χ2n) is 13.0. The van der Waals surface area contributed by atoms with Gasteiger partial charge in [-0.2, -0.15) is 0 Å². The number of hydrogen-bond acceptors (Lipinski definition) is 5. The van der Waals surface area contributed by atoms with Crippen molar-refractivity contribution in [2.45, 2.75) is 128 Å². The van der Waals surface area contributed by atoms with Crippen molar-refractivity contribution in [2.24, 2.45) is 35.5 Å². The summed E-state index contributed by atoms with van der Waals surface area (Å²) in [5.41, 5.74) is 0. The topological polar surface area (TPSA) is 142 Å². The van der Waals surface area contributed by atoms with Gasteiger partial charge in [-0.05, 0) is 102 Å². The van der Waals surface area contributed by atoms with Crippen molar-refractivity contribution in [1.29, 1.82) is 0 Å². The van der Waals surface area contributed by atoms with Gasteiger partial charge in [-0.15, -0.1) is 0 Å².